The molecule has 0 radical (unpaired) electrons. The van der Waals surface area contributed by atoms with Crippen molar-refractivity contribution in [1.82, 2.24) is 5.32 Å². The van der Waals surface area contributed by atoms with E-state index in [-0.39, 0.29) is 18.4 Å². The lowest BCUT2D eigenvalue weighted by molar-refractivity contribution is -0.124. The lowest BCUT2D eigenvalue weighted by Crippen LogP contribution is -2.31. The van der Waals surface area contributed by atoms with Crippen molar-refractivity contribution in [1.29, 1.82) is 0 Å². The maximum Gasteiger partial charge on any atom is 0.224 e. The first-order chi connectivity index (χ1) is 10.8. The second kappa shape index (κ2) is 8.78. The number of methoxy groups -OCH3 is 1. The largest absolute Gasteiger partial charge is 0.493 e. The first-order valence-corrected chi connectivity index (χ1v) is 7.45. The first-order valence-electron chi connectivity index (χ1n) is 7.45. The number of benzene rings is 1. The molecule has 22 heavy (non-hydrogen) atoms. The molecule has 0 unspecified atom stereocenters. The molecule has 4 heteroatoms. The molecule has 0 spiro atoms. The van der Waals surface area contributed by atoms with Crippen LogP contribution in [0.5, 0.6) is 11.5 Å². The topological polar surface area (TPSA) is 47.6 Å². The van der Waals surface area contributed by atoms with Crippen molar-refractivity contribution in [2.24, 2.45) is 5.92 Å². The summed E-state index contributed by atoms with van der Waals surface area (Å²) in [5.74, 6) is 7.31. The summed E-state index contributed by atoms with van der Waals surface area (Å²) in [5, 5.41) is 2.85. The van der Waals surface area contributed by atoms with Gasteiger partial charge in [0.2, 0.25) is 5.91 Å². The Morgan fingerprint density at radius 1 is 1.27 bits per heavy atom. The van der Waals surface area contributed by atoms with Gasteiger partial charge in [0.1, 0.15) is 6.61 Å². The monoisotopic (exact) mass is 299 g/mol. The van der Waals surface area contributed by atoms with E-state index in [0.29, 0.717) is 18.0 Å². The Balaban J connectivity index is 1.69. The van der Waals surface area contributed by atoms with Crippen LogP contribution in [0.25, 0.3) is 0 Å². The smallest absolute Gasteiger partial charge is 0.224 e. The van der Waals surface area contributed by atoms with E-state index in [9.17, 15) is 4.79 Å². The Morgan fingerprint density at radius 3 is 2.82 bits per heavy atom. The van der Waals surface area contributed by atoms with Crippen molar-refractivity contribution in [2.75, 3.05) is 20.3 Å². The summed E-state index contributed by atoms with van der Waals surface area (Å²) < 4.78 is 10.7. The van der Waals surface area contributed by atoms with E-state index < -0.39 is 0 Å². The molecule has 0 aromatic heterocycles. The maximum atomic E-state index is 11.9. The van der Waals surface area contributed by atoms with Crippen LogP contribution in [-0.4, -0.2) is 26.2 Å². The molecule has 1 aliphatic carbocycles. The van der Waals surface area contributed by atoms with Crippen LogP contribution in [-0.2, 0) is 4.79 Å². The fourth-order valence-electron chi connectivity index (χ4n) is 2.27. The number of amides is 1. The normalized spacial score (nSPS) is 16.3. The van der Waals surface area contributed by atoms with Gasteiger partial charge in [-0.2, -0.15) is 0 Å². The number of hydrogen-bond acceptors (Lipinski definition) is 3. The van der Waals surface area contributed by atoms with Gasteiger partial charge in [0.25, 0.3) is 0 Å². The van der Waals surface area contributed by atoms with Crippen LogP contribution in [0.15, 0.2) is 36.4 Å². The van der Waals surface area contributed by atoms with Crippen molar-refractivity contribution >= 4 is 5.91 Å². The molecule has 4 nitrogen and oxygen atoms in total. The second-order valence-corrected chi connectivity index (χ2v) is 4.99. The Bertz CT molecular complexity index is 583. The molecule has 1 amide bonds. The maximum absolute atomic E-state index is 11.9. The number of nitrogens with one attached hydrogen (secondary N) is 1. The van der Waals surface area contributed by atoms with Gasteiger partial charge in [-0.1, -0.05) is 36.1 Å². The summed E-state index contributed by atoms with van der Waals surface area (Å²) in [6.07, 6.45) is 6.93. The Kier molecular flexibility index (Phi) is 6.38. The second-order valence-electron chi connectivity index (χ2n) is 4.99. The minimum Gasteiger partial charge on any atom is -0.493 e. The minimum atomic E-state index is 0.0873. The number of ether oxygens (including phenoxy) is 2. The highest BCUT2D eigenvalue weighted by atomic mass is 16.5. The minimum absolute atomic E-state index is 0.0873. The lowest BCUT2D eigenvalue weighted by Gasteiger charge is -2.16. The molecule has 0 fully saturated rings. The molecular weight excluding hydrogens is 278 g/mol. The molecular formula is C18H21NO3. The number of carbonyl (C=O) groups is 1. The number of hydrogen-bond donors (Lipinski definition) is 1. The highest BCUT2D eigenvalue weighted by molar-refractivity contribution is 5.79. The standard InChI is InChI=1S/C18H21NO3/c1-21-16-11-5-6-12-17(16)22-14-8-7-13-19-18(20)15-9-3-2-4-10-15/h2-3,5-6,11-12,15H,4,9-10,13-14H2,1H3,(H,19,20)/t15-/m1/s1. The summed E-state index contributed by atoms with van der Waals surface area (Å²) >= 11 is 0. The van der Waals surface area contributed by atoms with Gasteiger partial charge in [-0.15, -0.1) is 0 Å². The van der Waals surface area contributed by atoms with Gasteiger partial charge >= 0.3 is 0 Å². The van der Waals surface area contributed by atoms with Gasteiger partial charge in [0.05, 0.1) is 13.7 Å². The number of rotatable bonds is 5. The third kappa shape index (κ3) is 4.85. The average molecular weight is 299 g/mol. The number of para-hydroxylation sites is 2. The highest BCUT2D eigenvalue weighted by Gasteiger charge is 2.17. The quantitative estimate of drug-likeness (QED) is 0.671. The summed E-state index contributed by atoms with van der Waals surface area (Å²) in [5.41, 5.74) is 0. The van der Waals surface area contributed by atoms with E-state index in [2.05, 4.69) is 29.3 Å². The van der Waals surface area contributed by atoms with Gasteiger partial charge in [-0.3, -0.25) is 4.79 Å². The van der Waals surface area contributed by atoms with E-state index in [4.69, 9.17) is 9.47 Å². The highest BCUT2D eigenvalue weighted by Crippen LogP contribution is 2.25. The molecule has 1 aliphatic rings. The van der Waals surface area contributed by atoms with Crippen molar-refractivity contribution in [3.63, 3.8) is 0 Å². The zero-order valence-corrected chi connectivity index (χ0v) is 12.8. The van der Waals surface area contributed by atoms with Crippen LogP contribution in [0, 0.1) is 17.8 Å². The first kappa shape index (κ1) is 16.0. The summed E-state index contributed by atoms with van der Waals surface area (Å²) in [4.78, 5) is 11.9. The van der Waals surface area contributed by atoms with Gasteiger partial charge in [-0.25, -0.2) is 0 Å². The lowest BCUT2D eigenvalue weighted by atomic mass is 9.94. The van der Waals surface area contributed by atoms with Crippen molar-refractivity contribution in [3.8, 4) is 23.3 Å². The van der Waals surface area contributed by atoms with Crippen LogP contribution in [0.4, 0.5) is 0 Å². The average Bonchev–Trinajstić information content (AvgIpc) is 2.58. The molecule has 1 aromatic rings. The third-order valence-electron chi connectivity index (χ3n) is 3.48. The molecule has 0 heterocycles. The van der Waals surface area contributed by atoms with E-state index in [0.717, 1.165) is 19.3 Å². The van der Waals surface area contributed by atoms with Gasteiger partial charge < -0.3 is 14.8 Å². The van der Waals surface area contributed by atoms with Gasteiger partial charge in [0, 0.05) is 5.92 Å². The van der Waals surface area contributed by atoms with Crippen LogP contribution in [0.1, 0.15) is 19.3 Å². The van der Waals surface area contributed by atoms with E-state index in [1.165, 1.54) is 0 Å². The molecule has 1 aromatic carbocycles. The Hall–Kier alpha value is -2.41. The molecule has 0 bridgehead atoms. The fourth-order valence-corrected chi connectivity index (χ4v) is 2.27. The van der Waals surface area contributed by atoms with E-state index in [1.807, 2.05) is 24.3 Å². The summed E-state index contributed by atoms with van der Waals surface area (Å²) in [7, 11) is 1.60. The van der Waals surface area contributed by atoms with Crippen LogP contribution in [0.2, 0.25) is 0 Å². The van der Waals surface area contributed by atoms with Crippen molar-refractivity contribution < 1.29 is 14.3 Å². The third-order valence-corrected chi connectivity index (χ3v) is 3.48. The molecule has 1 atom stereocenters. The molecule has 0 saturated carbocycles. The number of carbonyl (C=O) groups excluding carboxylic acids is 1. The van der Waals surface area contributed by atoms with E-state index >= 15 is 0 Å². The zero-order chi connectivity index (χ0) is 15.6. The summed E-state index contributed by atoms with van der Waals surface area (Å²) in [6.45, 7) is 0.622. The van der Waals surface area contributed by atoms with E-state index in [1.54, 1.807) is 7.11 Å². The Morgan fingerprint density at radius 2 is 2.09 bits per heavy atom. The van der Waals surface area contributed by atoms with Crippen LogP contribution < -0.4 is 14.8 Å². The van der Waals surface area contributed by atoms with Crippen LogP contribution >= 0.6 is 0 Å². The molecule has 1 N–H and O–H groups in total. The predicted octanol–water partition coefficient (Wildman–Crippen LogP) is 2.55. The molecule has 0 saturated heterocycles. The SMILES string of the molecule is COc1ccccc1OCC#CCNC(=O)[C@@H]1CC=CCC1. The Labute approximate surface area is 131 Å². The molecule has 2 rings (SSSR count). The molecule has 116 valence electrons. The summed E-state index contributed by atoms with van der Waals surface area (Å²) in [6, 6.07) is 7.43. The van der Waals surface area contributed by atoms with Gasteiger partial charge in [0.15, 0.2) is 11.5 Å². The van der Waals surface area contributed by atoms with Crippen molar-refractivity contribution in [2.45, 2.75) is 19.3 Å². The predicted molar refractivity (Wildman–Crippen MR) is 85.8 cm³/mol. The zero-order valence-electron chi connectivity index (χ0n) is 12.8. The fraction of sp³-hybridized carbons (Fsp3) is 0.389. The molecule has 0 aliphatic heterocycles. The number of allylic oxidation sites excluding steroid dienone is 2. The van der Waals surface area contributed by atoms with Gasteiger partial charge in [-0.05, 0) is 31.4 Å². The van der Waals surface area contributed by atoms with Crippen molar-refractivity contribution in [3.05, 3.63) is 36.4 Å². The van der Waals surface area contributed by atoms with Crippen LogP contribution in [0.3, 0.4) is 0 Å².